The van der Waals surface area contributed by atoms with Crippen LogP contribution in [0.15, 0.2) is 0 Å². The Morgan fingerprint density at radius 2 is 1.35 bits per heavy atom. The predicted octanol–water partition coefficient (Wildman–Crippen LogP) is 3.73. The number of carbonyl (C=O) groups excluding carboxylic acids is 2. The van der Waals surface area contributed by atoms with Gasteiger partial charge in [0, 0.05) is 0 Å². The van der Waals surface area contributed by atoms with Crippen molar-refractivity contribution >= 4 is 11.9 Å². The van der Waals surface area contributed by atoms with Crippen molar-refractivity contribution in [2.45, 2.75) is 66.2 Å². The van der Waals surface area contributed by atoms with Crippen LogP contribution in [0.2, 0.25) is 0 Å². The van der Waals surface area contributed by atoms with Crippen molar-refractivity contribution in [3.05, 3.63) is 0 Å². The zero-order valence-corrected chi connectivity index (χ0v) is 13.4. The number of ether oxygens (including phenoxy) is 2. The third kappa shape index (κ3) is 7.51. The zero-order chi connectivity index (χ0) is 15.4. The second kappa shape index (κ2) is 11.7. The smallest absolute Gasteiger partial charge is 0.309 e. The Morgan fingerprint density at radius 1 is 0.850 bits per heavy atom. The van der Waals surface area contributed by atoms with Crippen molar-refractivity contribution in [3.8, 4) is 0 Å². The van der Waals surface area contributed by atoms with E-state index in [-0.39, 0.29) is 17.9 Å². The molecule has 0 spiro atoms. The van der Waals surface area contributed by atoms with Crippen molar-refractivity contribution in [2.75, 3.05) is 13.2 Å². The summed E-state index contributed by atoms with van der Waals surface area (Å²) in [7, 11) is 0. The van der Waals surface area contributed by atoms with Gasteiger partial charge in [0.05, 0.1) is 25.0 Å². The number of unbranched alkanes of at least 4 members (excludes halogenated alkanes) is 2. The van der Waals surface area contributed by atoms with Crippen molar-refractivity contribution in [3.63, 3.8) is 0 Å². The van der Waals surface area contributed by atoms with Gasteiger partial charge in [-0.05, 0) is 19.3 Å². The Bertz CT molecular complexity index is 276. The molecule has 0 fully saturated rings. The van der Waals surface area contributed by atoms with Crippen LogP contribution in [0.3, 0.4) is 0 Å². The lowest BCUT2D eigenvalue weighted by Crippen LogP contribution is -2.31. The molecular formula is C16H30O4. The third-order valence-corrected chi connectivity index (χ3v) is 3.36. The summed E-state index contributed by atoms with van der Waals surface area (Å²) >= 11 is 0. The van der Waals surface area contributed by atoms with Crippen LogP contribution < -0.4 is 0 Å². The molecule has 0 aliphatic carbocycles. The molecule has 0 radical (unpaired) electrons. The first-order valence-electron chi connectivity index (χ1n) is 7.91. The minimum atomic E-state index is -0.430. The van der Waals surface area contributed by atoms with E-state index in [9.17, 15) is 9.59 Å². The van der Waals surface area contributed by atoms with Crippen LogP contribution in [-0.4, -0.2) is 25.2 Å². The van der Waals surface area contributed by atoms with Gasteiger partial charge >= 0.3 is 11.9 Å². The molecule has 0 aromatic carbocycles. The van der Waals surface area contributed by atoms with E-state index in [1.807, 2.05) is 20.8 Å². The highest BCUT2D eigenvalue weighted by atomic mass is 16.5. The van der Waals surface area contributed by atoms with Gasteiger partial charge in [-0.3, -0.25) is 9.59 Å². The van der Waals surface area contributed by atoms with Crippen LogP contribution in [0.4, 0.5) is 0 Å². The minimum Gasteiger partial charge on any atom is -0.465 e. The Hall–Kier alpha value is -1.06. The highest BCUT2D eigenvalue weighted by Gasteiger charge is 2.31. The van der Waals surface area contributed by atoms with Crippen LogP contribution in [-0.2, 0) is 19.1 Å². The van der Waals surface area contributed by atoms with Crippen molar-refractivity contribution in [1.82, 2.24) is 0 Å². The summed E-state index contributed by atoms with van der Waals surface area (Å²) in [6.07, 6.45) is 5.20. The monoisotopic (exact) mass is 286 g/mol. The van der Waals surface area contributed by atoms with E-state index in [1.54, 1.807) is 6.92 Å². The fourth-order valence-corrected chi connectivity index (χ4v) is 1.92. The normalized spacial score (nSPS) is 13.6. The summed E-state index contributed by atoms with van der Waals surface area (Å²) in [6, 6.07) is 0. The van der Waals surface area contributed by atoms with Gasteiger partial charge in [0.2, 0.25) is 0 Å². The van der Waals surface area contributed by atoms with Gasteiger partial charge in [0.25, 0.3) is 0 Å². The summed E-state index contributed by atoms with van der Waals surface area (Å²) in [5, 5.41) is 0. The van der Waals surface area contributed by atoms with E-state index >= 15 is 0 Å². The summed E-state index contributed by atoms with van der Waals surface area (Å²) in [5.41, 5.74) is 0. The van der Waals surface area contributed by atoms with Crippen molar-refractivity contribution < 1.29 is 19.1 Å². The first kappa shape index (κ1) is 18.9. The Balaban J connectivity index is 4.39. The molecule has 0 heterocycles. The molecule has 4 heteroatoms. The molecule has 0 saturated heterocycles. The fraction of sp³-hybridized carbons (Fsp3) is 0.875. The summed E-state index contributed by atoms with van der Waals surface area (Å²) in [4.78, 5) is 24.0. The van der Waals surface area contributed by atoms with Gasteiger partial charge in [0.15, 0.2) is 0 Å². The molecule has 0 amide bonds. The molecular weight excluding hydrogens is 256 g/mol. The zero-order valence-electron chi connectivity index (χ0n) is 13.4. The summed E-state index contributed by atoms with van der Waals surface area (Å²) < 4.78 is 10.4. The van der Waals surface area contributed by atoms with Crippen molar-refractivity contribution in [1.29, 1.82) is 0 Å². The molecule has 0 N–H and O–H groups in total. The molecule has 0 aromatic heterocycles. The van der Waals surface area contributed by atoms with E-state index in [0.29, 0.717) is 19.6 Å². The number of carbonyl (C=O) groups is 2. The highest BCUT2D eigenvalue weighted by Crippen LogP contribution is 2.21. The second-order valence-corrected chi connectivity index (χ2v) is 5.23. The van der Waals surface area contributed by atoms with Gasteiger partial charge < -0.3 is 9.47 Å². The first-order chi connectivity index (χ1) is 9.58. The number of hydrogen-bond donors (Lipinski definition) is 0. The van der Waals surface area contributed by atoms with E-state index in [2.05, 4.69) is 0 Å². The Morgan fingerprint density at radius 3 is 1.80 bits per heavy atom. The molecule has 4 nitrogen and oxygen atoms in total. The fourth-order valence-electron chi connectivity index (χ4n) is 1.92. The van der Waals surface area contributed by atoms with Crippen LogP contribution in [0.5, 0.6) is 0 Å². The minimum absolute atomic E-state index is 0.264. The predicted molar refractivity (Wildman–Crippen MR) is 79.3 cm³/mol. The molecule has 0 aliphatic rings. The van der Waals surface area contributed by atoms with Crippen LogP contribution in [0.25, 0.3) is 0 Å². The van der Waals surface area contributed by atoms with Crippen LogP contribution in [0, 0.1) is 11.8 Å². The molecule has 0 saturated carbocycles. The maximum atomic E-state index is 12.1. The quantitative estimate of drug-likeness (QED) is 0.429. The van der Waals surface area contributed by atoms with E-state index < -0.39 is 5.92 Å². The summed E-state index contributed by atoms with van der Waals surface area (Å²) in [5.74, 6) is -1.36. The lowest BCUT2D eigenvalue weighted by molar-refractivity contribution is -0.160. The highest BCUT2D eigenvalue weighted by molar-refractivity contribution is 5.81. The van der Waals surface area contributed by atoms with E-state index in [1.165, 1.54) is 0 Å². The van der Waals surface area contributed by atoms with Gasteiger partial charge in [-0.2, -0.15) is 0 Å². The molecule has 0 aliphatic heterocycles. The molecule has 2 unspecified atom stereocenters. The van der Waals surface area contributed by atoms with Crippen LogP contribution in [0.1, 0.15) is 66.2 Å². The van der Waals surface area contributed by atoms with E-state index in [0.717, 1.165) is 32.1 Å². The first-order valence-corrected chi connectivity index (χ1v) is 7.91. The molecule has 2 atom stereocenters. The number of esters is 2. The Labute approximate surface area is 123 Å². The maximum absolute atomic E-state index is 12.1. The molecule has 0 bridgehead atoms. The standard InChI is InChI=1S/C16H30O4/c1-5-8-11-19-15(17)13(4)14(10-7-3)16(18)20-12-9-6-2/h13-14H,5-12H2,1-4H3. The van der Waals surface area contributed by atoms with Crippen molar-refractivity contribution in [2.24, 2.45) is 11.8 Å². The molecule has 0 rings (SSSR count). The number of rotatable bonds is 11. The van der Waals surface area contributed by atoms with E-state index in [4.69, 9.17) is 9.47 Å². The lowest BCUT2D eigenvalue weighted by Gasteiger charge is -2.21. The summed E-state index contributed by atoms with van der Waals surface area (Å²) in [6.45, 7) is 8.72. The third-order valence-electron chi connectivity index (χ3n) is 3.36. The second-order valence-electron chi connectivity index (χ2n) is 5.23. The van der Waals surface area contributed by atoms with Crippen LogP contribution >= 0.6 is 0 Å². The van der Waals surface area contributed by atoms with Gasteiger partial charge in [-0.15, -0.1) is 0 Å². The van der Waals surface area contributed by atoms with Gasteiger partial charge in [0.1, 0.15) is 0 Å². The van der Waals surface area contributed by atoms with Gasteiger partial charge in [-0.1, -0.05) is 47.0 Å². The molecule has 20 heavy (non-hydrogen) atoms. The molecule has 118 valence electrons. The maximum Gasteiger partial charge on any atom is 0.309 e. The van der Waals surface area contributed by atoms with Gasteiger partial charge in [-0.25, -0.2) is 0 Å². The number of hydrogen-bond acceptors (Lipinski definition) is 4. The SMILES string of the molecule is CCCCOC(=O)C(C)C(CCC)C(=O)OCCCC. The topological polar surface area (TPSA) is 52.6 Å². The average Bonchev–Trinajstić information content (AvgIpc) is 2.44. The molecule has 0 aromatic rings. The lowest BCUT2D eigenvalue weighted by atomic mass is 9.90. The average molecular weight is 286 g/mol. The Kier molecular flexibility index (Phi) is 11.1. The largest absolute Gasteiger partial charge is 0.465 e.